The first kappa shape index (κ1) is 17.5. The van der Waals surface area contributed by atoms with E-state index in [4.69, 9.17) is 0 Å². The fourth-order valence-corrected chi connectivity index (χ4v) is 2.93. The molecule has 0 aliphatic heterocycles. The van der Waals surface area contributed by atoms with E-state index < -0.39 is 0 Å². The second-order valence-electron chi connectivity index (χ2n) is 6.05. The van der Waals surface area contributed by atoms with Crippen LogP contribution in [0.3, 0.4) is 0 Å². The van der Waals surface area contributed by atoms with Gasteiger partial charge in [0.15, 0.2) is 5.16 Å². The van der Waals surface area contributed by atoms with Crippen LogP contribution in [0, 0.1) is 5.92 Å². The van der Waals surface area contributed by atoms with Crippen LogP contribution in [0.15, 0.2) is 41.8 Å². The third-order valence-corrected chi connectivity index (χ3v) is 4.41. The summed E-state index contributed by atoms with van der Waals surface area (Å²) >= 11 is 1.40. The van der Waals surface area contributed by atoms with Crippen LogP contribution in [-0.2, 0) is 4.79 Å². The summed E-state index contributed by atoms with van der Waals surface area (Å²) in [5.41, 5.74) is 0.991. The molecule has 1 aromatic heterocycles. The SMILES string of the molecule is CC(C)CC[C@H](C)NC(=O)CSc1nncn1-c1ccccc1. The van der Waals surface area contributed by atoms with Gasteiger partial charge in [0.05, 0.1) is 5.75 Å². The van der Waals surface area contributed by atoms with Gasteiger partial charge in [-0.25, -0.2) is 0 Å². The highest BCUT2D eigenvalue weighted by molar-refractivity contribution is 7.99. The molecule has 0 spiro atoms. The average molecular weight is 332 g/mol. The van der Waals surface area contributed by atoms with Gasteiger partial charge in [0.2, 0.25) is 5.91 Å². The lowest BCUT2D eigenvalue weighted by Crippen LogP contribution is -2.34. The summed E-state index contributed by atoms with van der Waals surface area (Å²) in [7, 11) is 0. The minimum absolute atomic E-state index is 0.0360. The molecule has 1 atom stereocenters. The minimum Gasteiger partial charge on any atom is -0.353 e. The van der Waals surface area contributed by atoms with Gasteiger partial charge >= 0.3 is 0 Å². The third kappa shape index (κ3) is 5.71. The third-order valence-electron chi connectivity index (χ3n) is 3.47. The fourth-order valence-electron chi connectivity index (χ4n) is 2.19. The molecule has 6 heteroatoms. The van der Waals surface area contributed by atoms with E-state index in [-0.39, 0.29) is 11.9 Å². The van der Waals surface area contributed by atoms with Gasteiger partial charge < -0.3 is 5.32 Å². The second-order valence-corrected chi connectivity index (χ2v) is 6.99. The molecule has 0 radical (unpaired) electrons. The van der Waals surface area contributed by atoms with Crippen LogP contribution in [0.5, 0.6) is 0 Å². The van der Waals surface area contributed by atoms with E-state index in [0.29, 0.717) is 11.7 Å². The van der Waals surface area contributed by atoms with Crippen molar-refractivity contribution in [1.29, 1.82) is 0 Å². The molecule has 0 aliphatic carbocycles. The molecule has 0 saturated carbocycles. The summed E-state index contributed by atoms with van der Waals surface area (Å²) in [6, 6.07) is 10.1. The number of carbonyl (C=O) groups excluding carboxylic acids is 1. The van der Waals surface area contributed by atoms with E-state index in [0.717, 1.165) is 23.7 Å². The zero-order chi connectivity index (χ0) is 16.7. The van der Waals surface area contributed by atoms with Crippen molar-refractivity contribution in [3.63, 3.8) is 0 Å². The van der Waals surface area contributed by atoms with Crippen molar-refractivity contribution in [3.05, 3.63) is 36.7 Å². The first-order chi connectivity index (χ1) is 11.1. The van der Waals surface area contributed by atoms with E-state index in [9.17, 15) is 4.79 Å². The summed E-state index contributed by atoms with van der Waals surface area (Å²) in [5, 5.41) is 11.8. The van der Waals surface area contributed by atoms with E-state index in [1.165, 1.54) is 11.8 Å². The monoisotopic (exact) mass is 332 g/mol. The molecule has 0 saturated heterocycles. The smallest absolute Gasteiger partial charge is 0.230 e. The number of thioether (sulfide) groups is 1. The van der Waals surface area contributed by atoms with Crippen molar-refractivity contribution in [2.75, 3.05) is 5.75 Å². The Kier molecular flexibility index (Phi) is 6.65. The lowest BCUT2D eigenvalue weighted by Gasteiger charge is -2.14. The summed E-state index contributed by atoms with van der Waals surface area (Å²) in [6.45, 7) is 6.44. The maximum Gasteiger partial charge on any atom is 0.230 e. The highest BCUT2D eigenvalue weighted by Crippen LogP contribution is 2.19. The number of hydrogen-bond acceptors (Lipinski definition) is 4. The van der Waals surface area contributed by atoms with E-state index in [1.807, 2.05) is 34.9 Å². The second kappa shape index (κ2) is 8.72. The summed E-state index contributed by atoms with van der Waals surface area (Å²) in [6.07, 6.45) is 3.80. The normalized spacial score (nSPS) is 12.3. The van der Waals surface area contributed by atoms with Crippen molar-refractivity contribution in [1.82, 2.24) is 20.1 Å². The molecular weight excluding hydrogens is 308 g/mol. The topological polar surface area (TPSA) is 59.8 Å². The summed E-state index contributed by atoms with van der Waals surface area (Å²) in [5.74, 6) is 1.04. The molecule has 2 aromatic rings. The molecule has 0 unspecified atom stereocenters. The van der Waals surface area contributed by atoms with Gasteiger partial charge in [-0.1, -0.05) is 43.8 Å². The first-order valence-electron chi connectivity index (χ1n) is 7.94. The number of carbonyl (C=O) groups is 1. The van der Waals surface area contributed by atoms with Crippen LogP contribution < -0.4 is 5.32 Å². The van der Waals surface area contributed by atoms with Crippen molar-refractivity contribution in [3.8, 4) is 5.69 Å². The van der Waals surface area contributed by atoms with Crippen LogP contribution >= 0.6 is 11.8 Å². The van der Waals surface area contributed by atoms with Gasteiger partial charge in [-0.2, -0.15) is 0 Å². The molecule has 1 heterocycles. The molecule has 23 heavy (non-hydrogen) atoms. The number of aromatic nitrogens is 3. The Morgan fingerprint density at radius 2 is 1.96 bits per heavy atom. The Morgan fingerprint density at radius 3 is 2.65 bits per heavy atom. The highest BCUT2D eigenvalue weighted by Gasteiger charge is 2.12. The molecule has 0 bridgehead atoms. The number of rotatable bonds is 8. The first-order valence-corrected chi connectivity index (χ1v) is 8.92. The molecule has 1 amide bonds. The number of hydrogen-bond donors (Lipinski definition) is 1. The molecule has 1 aromatic carbocycles. The lowest BCUT2D eigenvalue weighted by atomic mass is 10.0. The summed E-state index contributed by atoms with van der Waals surface area (Å²) in [4.78, 5) is 12.1. The van der Waals surface area contributed by atoms with Gasteiger partial charge in [-0.05, 0) is 37.8 Å². The van der Waals surface area contributed by atoms with Crippen molar-refractivity contribution < 1.29 is 4.79 Å². The fraction of sp³-hybridized carbons (Fsp3) is 0.471. The Bertz CT molecular complexity index is 612. The number of para-hydroxylation sites is 1. The minimum atomic E-state index is 0.0360. The van der Waals surface area contributed by atoms with Crippen molar-refractivity contribution in [2.24, 2.45) is 5.92 Å². The van der Waals surface area contributed by atoms with Gasteiger partial charge in [-0.3, -0.25) is 9.36 Å². The van der Waals surface area contributed by atoms with Crippen molar-refractivity contribution >= 4 is 17.7 Å². The number of nitrogens with zero attached hydrogens (tertiary/aromatic N) is 3. The molecule has 5 nitrogen and oxygen atoms in total. The van der Waals surface area contributed by atoms with Gasteiger partial charge in [-0.15, -0.1) is 10.2 Å². The van der Waals surface area contributed by atoms with Crippen LogP contribution in [0.1, 0.15) is 33.6 Å². The predicted octanol–water partition coefficient (Wildman–Crippen LogP) is 3.30. The Morgan fingerprint density at radius 1 is 1.22 bits per heavy atom. The Labute approximate surface area is 141 Å². The molecule has 1 N–H and O–H groups in total. The standard InChI is InChI=1S/C17H24N4OS/c1-13(2)9-10-14(3)19-16(22)11-23-17-20-18-12-21(17)15-7-5-4-6-8-15/h4-8,12-14H,9-11H2,1-3H3,(H,19,22)/t14-/m0/s1. The van der Waals surface area contributed by atoms with Gasteiger partial charge in [0.25, 0.3) is 0 Å². The zero-order valence-electron chi connectivity index (χ0n) is 13.9. The van der Waals surface area contributed by atoms with Crippen LogP contribution in [0.2, 0.25) is 0 Å². The van der Waals surface area contributed by atoms with Crippen molar-refractivity contribution in [2.45, 2.75) is 44.8 Å². The van der Waals surface area contributed by atoms with Gasteiger partial charge in [0.1, 0.15) is 6.33 Å². The molecule has 124 valence electrons. The van der Waals surface area contributed by atoms with Crippen LogP contribution in [0.25, 0.3) is 5.69 Å². The average Bonchev–Trinajstić information content (AvgIpc) is 3.00. The number of amides is 1. The lowest BCUT2D eigenvalue weighted by molar-refractivity contribution is -0.119. The molecule has 0 fully saturated rings. The number of nitrogens with one attached hydrogen (secondary N) is 1. The largest absolute Gasteiger partial charge is 0.353 e. The maximum absolute atomic E-state index is 12.1. The zero-order valence-corrected chi connectivity index (χ0v) is 14.7. The maximum atomic E-state index is 12.1. The molecular formula is C17H24N4OS. The van der Waals surface area contributed by atoms with Crippen LogP contribution in [0.4, 0.5) is 0 Å². The molecule has 2 rings (SSSR count). The van der Waals surface area contributed by atoms with E-state index >= 15 is 0 Å². The predicted molar refractivity (Wildman–Crippen MR) is 93.8 cm³/mol. The highest BCUT2D eigenvalue weighted by atomic mass is 32.2. The van der Waals surface area contributed by atoms with Crippen LogP contribution in [-0.4, -0.2) is 32.5 Å². The van der Waals surface area contributed by atoms with E-state index in [1.54, 1.807) is 6.33 Å². The Balaban J connectivity index is 1.85. The molecule has 0 aliphatic rings. The Hall–Kier alpha value is -1.82. The number of benzene rings is 1. The van der Waals surface area contributed by atoms with E-state index in [2.05, 4.69) is 36.3 Å². The van der Waals surface area contributed by atoms with Gasteiger partial charge in [0, 0.05) is 11.7 Å². The summed E-state index contributed by atoms with van der Waals surface area (Å²) < 4.78 is 1.89. The quantitative estimate of drug-likeness (QED) is 0.754.